The monoisotopic (exact) mass is 275 g/mol. The van der Waals surface area contributed by atoms with Crippen LogP contribution >= 0.6 is 35.0 Å². The van der Waals surface area contributed by atoms with Crippen molar-refractivity contribution < 1.29 is 0 Å². The number of benzene rings is 1. The third-order valence-electron chi connectivity index (χ3n) is 3.02. The van der Waals surface area contributed by atoms with Gasteiger partial charge < -0.3 is 5.32 Å². The van der Waals surface area contributed by atoms with Crippen molar-refractivity contribution in [3.63, 3.8) is 0 Å². The van der Waals surface area contributed by atoms with Gasteiger partial charge in [0.05, 0.1) is 0 Å². The molecule has 1 heterocycles. The van der Waals surface area contributed by atoms with Crippen LogP contribution in [-0.4, -0.2) is 12.3 Å². The van der Waals surface area contributed by atoms with Crippen molar-refractivity contribution in [1.29, 1.82) is 0 Å². The highest BCUT2D eigenvalue weighted by Gasteiger charge is 2.25. The Morgan fingerprint density at radius 3 is 2.69 bits per heavy atom. The molecule has 0 bridgehead atoms. The van der Waals surface area contributed by atoms with E-state index < -0.39 is 0 Å². The first-order valence-corrected chi connectivity index (χ1v) is 7.19. The quantitative estimate of drug-likeness (QED) is 0.821. The fourth-order valence-corrected chi connectivity index (χ4v) is 3.85. The van der Waals surface area contributed by atoms with Gasteiger partial charge in [-0.25, -0.2) is 0 Å². The molecule has 0 amide bonds. The van der Waals surface area contributed by atoms with E-state index in [1.807, 2.05) is 30.9 Å². The van der Waals surface area contributed by atoms with Crippen LogP contribution in [0.25, 0.3) is 0 Å². The molecule has 0 aromatic heterocycles. The maximum atomic E-state index is 6.30. The van der Waals surface area contributed by atoms with Crippen LogP contribution in [0.1, 0.15) is 30.5 Å². The SMILES string of the molecule is CNC1CC(C)SCc2c(Cl)ccc(Cl)c21. The smallest absolute Gasteiger partial charge is 0.0457 e. The van der Waals surface area contributed by atoms with E-state index in [2.05, 4.69) is 12.2 Å². The molecule has 0 radical (unpaired) electrons. The second kappa shape index (κ2) is 5.18. The Balaban J connectivity index is 2.52. The van der Waals surface area contributed by atoms with Gasteiger partial charge in [-0.15, -0.1) is 0 Å². The Labute approximate surface area is 111 Å². The molecular weight excluding hydrogens is 261 g/mol. The van der Waals surface area contributed by atoms with Crippen LogP contribution in [-0.2, 0) is 5.75 Å². The van der Waals surface area contributed by atoms with Gasteiger partial charge in [-0.05, 0) is 36.7 Å². The zero-order chi connectivity index (χ0) is 11.7. The Hall–Kier alpha value is 0.110. The van der Waals surface area contributed by atoms with Gasteiger partial charge >= 0.3 is 0 Å². The Morgan fingerprint density at radius 1 is 1.31 bits per heavy atom. The summed E-state index contributed by atoms with van der Waals surface area (Å²) < 4.78 is 0. The molecule has 2 unspecified atom stereocenters. The van der Waals surface area contributed by atoms with Gasteiger partial charge in [0.15, 0.2) is 0 Å². The van der Waals surface area contributed by atoms with E-state index in [1.165, 1.54) is 11.1 Å². The van der Waals surface area contributed by atoms with Gasteiger partial charge in [0.25, 0.3) is 0 Å². The van der Waals surface area contributed by atoms with Crippen molar-refractivity contribution in [1.82, 2.24) is 5.32 Å². The van der Waals surface area contributed by atoms with Crippen molar-refractivity contribution >= 4 is 35.0 Å². The molecule has 1 aromatic carbocycles. The maximum absolute atomic E-state index is 6.30. The molecule has 16 heavy (non-hydrogen) atoms. The molecule has 0 fully saturated rings. The van der Waals surface area contributed by atoms with Crippen LogP contribution in [0.5, 0.6) is 0 Å². The molecule has 1 nitrogen and oxygen atoms in total. The van der Waals surface area contributed by atoms with Gasteiger partial charge in [0.2, 0.25) is 0 Å². The van der Waals surface area contributed by atoms with E-state index in [9.17, 15) is 0 Å². The first-order valence-electron chi connectivity index (χ1n) is 5.39. The van der Waals surface area contributed by atoms with Gasteiger partial charge in [0, 0.05) is 27.1 Å². The highest BCUT2D eigenvalue weighted by molar-refractivity contribution is 7.99. The normalized spacial score (nSPS) is 25.0. The first kappa shape index (κ1) is 12.6. The molecule has 0 saturated heterocycles. The third-order valence-corrected chi connectivity index (χ3v) is 4.92. The van der Waals surface area contributed by atoms with Crippen molar-refractivity contribution in [2.45, 2.75) is 30.4 Å². The molecule has 88 valence electrons. The topological polar surface area (TPSA) is 12.0 Å². The molecule has 2 rings (SSSR count). The molecule has 0 spiro atoms. The molecule has 1 aliphatic rings. The number of fused-ring (bicyclic) bond motifs is 1. The van der Waals surface area contributed by atoms with Crippen LogP contribution in [0.4, 0.5) is 0 Å². The van der Waals surface area contributed by atoms with Gasteiger partial charge in [-0.1, -0.05) is 30.1 Å². The summed E-state index contributed by atoms with van der Waals surface area (Å²) in [4.78, 5) is 0. The molecular formula is C12H15Cl2NS. The summed E-state index contributed by atoms with van der Waals surface area (Å²) in [7, 11) is 1.98. The molecule has 0 aliphatic carbocycles. The zero-order valence-electron chi connectivity index (χ0n) is 9.39. The van der Waals surface area contributed by atoms with Crippen molar-refractivity contribution in [3.8, 4) is 0 Å². The predicted molar refractivity (Wildman–Crippen MR) is 73.6 cm³/mol. The van der Waals surface area contributed by atoms with Crippen molar-refractivity contribution in [2.75, 3.05) is 7.05 Å². The lowest BCUT2D eigenvalue weighted by Gasteiger charge is -2.20. The second-order valence-corrected chi connectivity index (χ2v) is 6.36. The third kappa shape index (κ3) is 2.35. The van der Waals surface area contributed by atoms with Crippen molar-refractivity contribution in [2.24, 2.45) is 0 Å². The molecule has 1 aromatic rings. The van der Waals surface area contributed by atoms with Crippen LogP contribution < -0.4 is 5.32 Å². The highest BCUT2D eigenvalue weighted by atomic mass is 35.5. The van der Waals surface area contributed by atoms with E-state index in [0.29, 0.717) is 11.3 Å². The lowest BCUT2D eigenvalue weighted by Crippen LogP contribution is -2.19. The Morgan fingerprint density at radius 2 is 2.00 bits per heavy atom. The summed E-state index contributed by atoms with van der Waals surface area (Å²) in [5.41, 5.74) is 2.39. The average molecular weight is 276 g/mol. The summed E-state index contributed by atoms with van der Waals surface area (Å²) >= 11 is 14.5. The summed E-state index contributed by atoms with van der Waals surface area (Å²) in [5, 5.41) is 5.63. The minimum atomic E-state index is 0.311. The van der Waals surface area contributed by atoms with Crippen LogP contribution in [0.3, 0.4) is 0 Å². The fourth-order valence-electron chi connectivity index (χ4n) is 2.14. The van der Waals surface area contributed by atoms with Crippen LogP contribution in [0.15, 0.2) is 12.1 Å². The van der Waals surface area contributed by atoms with E-state index >= 15 is 0 Å². The van der Waals surface area contributed by atoms with Crippen LogP contribution in [0, 0.1) is 0 Å². The van der Waals surface area contributed by atoms with Gasteiger partial charge in [-0.3, -0.25) is 0 Å². The second-order valence-electron chi connectivity index (χ2n) is 4.12. The molecule has 2 atom stereocenters. The molecule has 4 heteroatoms. The summed E-state index contributed by atoms with van der Waals surface area (Å²) in [6, 6.07) is 4.10. The largest absolute Gasteiger partial charge is 0.313 e. The number of hydrogen-bond donors (Lipinski definition) is 1. The Bertz CT molecular complexity index is 395. The maximum Gasteiger partial charge on any atom is 0.0457 e. The molecule has 1 N–H and O–H groups in total. The van der Waals surface area contributed by atoms with Crippen LogP contribution in [0.2, 0.25) is 10.0 Å². The average Bonchev–Trinajstić information content (AvgIpc) is 2.44. The zero-order valence-corrected chi connectivity index (χ0v) is 11.7. The number of nitrogens with one attached hydrogen (secondary N) is 1. The number of halogens is 2. The Kier molecular flexibility index (Phi) is 4.06. The van der Waals surface area contributed by atoms with E-state index in [1.54, 1.807) is 0 Å². The standard InChI is InChI=1S/C12H15Cl2NS/c1-7-5-11(15-2)12-8(6-16-7)9(13)3-4-10(12)14/h3-4,7,11,15H,5-6H2,1-2H3. The lowest BCUT2D eigenvalue weighted by molar-refractivity contribution is 0.550. The summed E-state index contributed by atoms with van der Waals surface area (Å²) in [5.74, 6) is 0.952. The molecule has 0 saturated carbocycles. The fraction of sp³-hybridized carbons (Fsp3) is 0.500. The lowest BCUT2D eigenvalue weighted by atomic mass is 9.98. The molecule has 1 aliphatic heterocycles. The minimum absolute atomic E-state index is 0.311. The van der Waals surface area contributed by atoms with E-state index in [0.717, 1.165) is 22.2 Å². The summed E-state index contributed by atoms with van der Waals surface area (Å²) in [6.07, 6.45) is 1.09. The minimum Gasteiger partial charge on any atom is -0.313 e. The summed E-state index contributed by atoms with van der Waals surface area (Å²) in [6.45, 7) is 2.25. The van der Waals surface area contributed by atoms with Gasteiger partial charge in [-0.2, -0.15) is 11.8 Å². The number of hydrogen-bond acceptors (Lipinski definition) is 2. The highest BCUT2D eigenvalue weighted by Crippen LogP contribution is 2.41. The van der Waals surface area contributed by atoms with Crippen molar-refractivity contribution in [3.05, 3.63) is 33.3 Å². The van der Waals surface area contributed by atoms with E-state index in [-0.39, 0.29) is 0 Å². The van der Waals surface area contributed by atoms with Gasteiger partial charge in [0.1, 0.15) is 0 Å². The van der Waals surface area contributed by atoms with E-state index in [4.69, 9.17) is 23.2 Å². The first-order chi connectivity index (χ1) is 7.63. The number of thioether (sulfide) groups is 1. The predicted octanol–water partition coefficient (Wildman–Crippen LogP) is 4.28. The number of rotatable bonds is 1.